The number of halogens is 1. The summed E-state index contributed by atoms with van der Waals surface area (Å²) < 4.78 is 13.9. The molecule has 5 nitrogen and oxygen atoms in total. The number of anilines is 1. The number of imide groups is 1. The van der Waals surface area contributed by atoms with Gasteiger partial charge in [-0.05, 0) is 25.5 Å². The van der Waals surface area contributed by atoms with Crippen molar-refractivity contribution >= 4 is 17.5 Å². The van der Waals surface area contributed by atoms with Gasteiger partial charge in [0.25, 0.3) is 0 Å². The van der Waals surface area contributed by atoms with Crippen LogP contribution in [0.15, 0.2) is 18.2 Å². The summed E-state index contributed by atoms with van der Waals surface area (Å²) in [6.07, 6.45) is -0.543. The van der Waals surface area contributed by atoms with Crippen molar-refractivity contribution in [1.29, 1.82) is 0 Å². The SMILES string of the molecule is CCC1C(=O)NC(=O)CN1c1cccc(F)c1[C@H](C)O. The van der Waals surface area contributed by atoms with Crippen LogP contribution in [0.1, 0.15) is 31.9 Å². The van der Waals surface area contributed by atoms with Crippen molar-refractivity contribution in [1.82, 2.24) is 5.32 Å². The summed E-state index contributed by atoms with van der Waals surface area (Å²) >= 11 is 0. The lowest BCUT2D eigenvalue weighted by Crippen LogP contribution is -2.58. The second-order valence-electron chi connectivity index (χ2n) is 4.81. The van der Waals surface area contributed by atoms with Gasteiger partial charge >= 0.3 is 0 Å². The molecule has 0 spiro atoms. The maximum absolute atomic E-state index is 13.9. The van der Waals surface area contributed by atoms with Crippen molar-refractivity contribution in [2.75, 3.05) is 11.4 Å². The van der Waals surface area contributed by atoms with Gasteiger partial charge < -0.3 is 10.0 Å². The average molecular weight is 280 g/mol. The van der Waals surface area contributed by atoms with Crippen molar-refractivity contribution < 1.29 is 19.1 Å². The van der Waals surface area contributed by atoms with Crippen LogP contribution < -0.4 is 10.2 Å². The molecule has 0 aromatic heterocycles. The van der Waals surface area contributed by atoms with Crippen molar-refractivity contribution in [2.24, 2.45) is 0 Å². The second kappa shape index (κ2) is 5.58. The Morgan fingerprint density at radius 1 is 1.50 bits per heavy atom. The van der Waals surface area contributed by atoms with Gasteiger partial charge in [-0.25, -0.2) is 4.39 Å². The van der Waals surface area contributed by atoms with Crippen LogP contribution in [-0.2, 0) is 9.59 Å². The minimum Gasteiger partial charge on any atom is -0.389 e. The highest BCUT2D eigenvalue weighted by Crippen LogP contribution is 2.31. The molecule has 1 fully saturated rings. The van der Waals surface area contributed by atoms with Gasteiger partial charge in [0.05, 0.1) is 12.6 Å². The highest BCUT2D eigenvalue weighted by Gasteiger charge is 2.34. The second-order valence-corrected chi connectivity index (χ2v) is 4.81. The van der Waals surface area contributed by atoms with E-state index in [1.165, 1.54) is 19.1 Å². The maximum atomic E-state index is 13.9. The molecule has 1 heterocycles. The molecule has 1 saturated heterocycles. The van der Waals surface area contributed by atoms with Crippen LogP contribution in [0.4, 0.5) is 10.1 Å². The van der Waals surface area contributed by atoms with Crippen molar-refractivity contribution in [3.8, 4) is 0 Å². The standard InChI is InChI=1S/C14H17FN2O3/c1-3-10-14(20)16-12(19)7-17(10)11-6-4-5-9(15)13(11)8(2)18/h4-6,8,10,18H,3,7H2,1-2H3,(H,16,19,20)/t8-,10?/m0/s1. The molecule has 2 atom stereocenters. The number of carbonyl (C=O) groups is 2. The van der Waals surface area contributed by atoms with Crippen LogP contribution in [-0.4, -0.2) is 29.5 Å². The molecule has 6 heteroatoms. The highest BCUT2D eigenvalue weighted by molar-refractivity contribution is 6.04. The smallest absolute Gasteiger partial charge is 0.249 e. The summed E-state index contributed by atoms with van der Waals surface area (Å²) in [6.45, 7) is 3.23. The molecule has 1 aromatic carbocycles. The van der Waals surface area contributed by atoms with E-state index in [1.807, 2.05) is 6.92 Å². The first kappa shape index (κ1) is 14.5. The third kappa shape index (κ3) is 2.51. The van der Waals surface area contributed by atoms with Gasteiger partial charge in [0.15, 0.2) is 0 Å². The number of aliphatic hydroxyl groups is 1. The van der Waals surface area contributed by atoms with Gasteiger partial charge in [-0.1, -0.05) is 13.0 Å². The van der Waals surface area contributed by atoms with Gasteiger partial charge in [-0.15, -0.1) is 0 Å². The first-order valence-electron chi connectivity index (χ1n) is 6.52. The predicted octanol–water partition coefficient (Wildman–Crippen LogP) is 1.12. The van der Waals surface area contributed by atoms with Crippen LogP contribution in [0, 0.1) is 5.82 Å². The number of rotatable bonds is 3. The number of amides is 2. The number of benzene rings is 1. The Bertz CT molecular complexity index is 545. The zero-order valence-electron chi connectivity index (χ0n) is 11.4. The van der Waals surface area contributed by atoms with E-state index in [2.05, 4.69) is 5.32 Å². The van der Waals surface area contributed by atoms with Gasteiger partial charge in [0, 0.05) is 11.3 Å². The average Bonchev–Trinajstić information content (AvgIpc) is 2.37. The fraction of sp³-hybridized carbons (Fsp3) is 0.429. The summed E-state index contributed by atoms with van der Waals surface area (Å²) in [6, 6.07) is 3.81. The molecular weight excluding hydrogens is 263 g/mol. The fourth-order valence-corrected chi connectivity index (χ4v) is 2.52. The lowest BCUT2D eigenvalue weighted by atomic mass is 10.0. The van der Waals surface area contributed by atoms with Crippen LogP contribution in [0.3, 0.4) is 0 Å². The molecule has 20 heavy (non-hydrogen) atoms. The minimum atomic E-state index is -1.02. The van der Waals surface area contributed by atoms with Crippen LogP contribution >= 0.6 is 0 Å². The number of piperazine rings is 1. The number of hydrogen-bond acceptors (Lipinski definition) is 4. The number of nitrogens with zero attached hydrogens (tertiary/aromatic N) is 1. The first-order chi connectivity index (χ1) is 9.45. The number of hydrogen-bond donors (Lipinski definition) is 2. The monoisotopic (exact) mass is 280 g/mol. The molecule has 0 saturated carbocycles. The van der Waals surface area contributed by atoms with E-state index in [0.717, 1.165) is 0 Å². The Morgan fingerprint density at radius 2 is 2.20 bits per heavy atom. The topological polar surface area (TPSA) is 69.6 Å². The third-order valence-corrected chi connectivity index (χ3v) is 3.40. The summed E-state index contributed by atoms with van der Waals surface area (Å²) in [7, 11) is 0. The number of aliphatic hydroxyl groups excluding tert-OH is 1. The lowest BCUT2D eigenvalue weighted by Gasteiger charge is -2.36. The minimum absolute atomic E-state index is 0.0343. The van der Waals surface area contributed by atoms with Gasteiger partial charge in [-0.2, -0.15) is 0 Å². The quantitative estimate of drug-likeness (QED) is 0.814. The van der Waals surface area contributed by atoms with Crippen molar-refractivity contribution in [3.05, 3.63) is 29.6 Å². The Labute approximate surface area is 116 Å². The molecule has 2 N–H and O–H groups in total. The van der Waals surface area contributed by atoms with Crippen LogP contribution in [0.5, 0.6) is 0 Å². The summed E-state index contributed by atoms with van der Waals surface area (Å²) in [5, 5.41) is 12.0. The van der Waals surface area contributed by atoms with E-state index in [4.69, 9.17) is 0 Å². The fourth-order valence-electron chi connectivity index (χ4n) is 2.52. The normalized spacial score (nSPS) is 20.8. The Morgan fingerprint density at radius 3 is 2.80 bits per heavy atom. The lowest BCUT2D eigenvalue weighted by molar-refractivity contribution is -0.132. The molecule has 0 radical (unpaired) electrons. The van der Waals surface area contributed by atoms with E-state index >= 15 is 0 Å². The van der Waals surface area contributed by atoms with E-state index in [0.29, 0.717) is 12.1 Å². The molecule has 1 aliphatic rings. The third-order valence-electron chi connectivity index (χ3n) is 3.40. The first-order valence-corrected chi connectivity index (χ1v) is 6.52. The van der Waals surface area contributed by atoms with Gasteiger partial charge in [0.2, 0.25) is 11.8 Å². The molecule has 108 valence electrons. The zero-order valence-corrected chi connectivity index (χ0v) is 11.4. The van der Waals surface area contributed by atoms with Crippen LogP contribution in [0.25, 0.3) is 0 Å². The Balaban J connectivity index is 2.50. The molecule has 1 unspecified atom stereocenters. The largest absolute Gasteiger partial charge is 0.389 e. The number of carbonyl (C=O) groups excluding carboxylic acids is 2. The molecule has 0 bridgehead atoms. The summed E-state index contributed by atoms with van der Waals surface area (Å²) in [4.78, 5) is 25.0. The van der Waals surface area contributed by atoms with Gasteiger partial charge in [-0.3, -0.25) is 14.9 Å². The molecular formula is C14H17FN2O3. The molecule has 1 aromatic rings. The molecule has 2 amide bonds. The van der Waals surface area contributed by atoms with Crippen LogP contribution in [0.2, 0.25) is 0 Å². The van der Waals surface area contributed by atoms with Crippen molar-refractivity contribution in [3.63, 3.8) is 0 Å². The maximum Gasteiger partial charge on any atom is 0.249 e. The highest BCUT2D eigenvalue weighted by atomic mass is 19.1. The number of nitrogens with one attached hydrogen (secondary N) is 1. The van der Waals surface area contributed by atoms with E-state index in [1.54, 1.807) is 11.0 Å². The summed E-state index contributed by atoms with van der Waals surface area (Å²) in [5.41, 5.74) is 0.489. The van der Waals surface area contributed by atoms with Gasteiger partial charge in [0.1, 0.15) is 11.9 Å². The van der Waals surface area contributed by atoms with E-state index in [-0.39, 0.29) is 12.1 Å². The molecule has 2 rings (SSSR count). The van der Waals surface area contributed by atoms with E-state index < -0.39 is 29.8 Å². The predicted molar refractivity (Wildman–Crippen MR) is 71.6 cm³/mol. The Hall–Kier alpha value is -1.95. The summed E-state index contributed by atoms with van der Waals surface area (Å²) in [5.74, 6) is -1.38. The molecule has 1 aliphatic heterocycles. The zero-order chi connectivity index (χ0) is 14.9. The Kier molecular flexibility index (Phi) is 4.04. The molecule has 0 aliphatic carbocycles. The van der Waals surface area contributed by atoms with Crippen molar-refractivity contribution in [2.45, 2.75) is 32.4 Å². The van der Waals surface area contributed by atoms with E-state index in [9.17, 15) is 19.1 Å².